The normalized spacial score (nSPS) is 10.2. The highest BCUT2D eigenvalue weighted by Gasteiger charge is 2.16. The number of benzene rings is 2. The molecule has 0 heterocycles. The minimum Gasteiger partial charge on any atom is -0.492 e. The molecule has 0 atom stereocenters. The van der Waals surface area contributed by atoms with E-state index in [1.807, 2.05) is 0 Å². The van der Waals surface area contributed by atoms with E-state index in [9.17, 15) is 14.9 Å². The van der Waals surface area contributed by atoms with Crippen molar-refractivity contribution in [3.63, 3.8) is 0 Å². The van der Waals surface area contributed by atoms with Gasteiger partial charge in [0, 0.05) is 16.7 Å². The van der Waals surface area contributed by atoms with Crippen molar-refractivity contribution in [1.29, 1.82) is 0 Å². The van der Waals surface area contributed by atoms with Crippen LogP contribution in [0.1, 0.15) is 10.4 Å². The molecule has 2 aromatic rings. The summed E-state index contributed by atoms with van der Waals surface area (Å²) >= 11 is 7.11. The van der Waals surface area contributed by atoms with E-state index in [4.69, 9.17) is 16.3 Å². The van der Waals surface area contributed by atoms with Crippen molar-refractivity contribution in [2.45, 2.75) is 4.90 Å². The molecule has 0 aliphatic carbocycles. The Labute approximate surface area is 148 Å². The molecule has 2 aromatic carbocycles. The molecular weight excluding hydrogens is 352 g/mol. The van der Waals surface area contributed by atoms with Crippen LogP contribution in [0.15, 0.2) is 47.4 Å². The average molecular weight is 367 g/mol. The summed E-state index contributed by atoms with van der Waals surface area (Å²) in [4.78, 5) is 23.1. The van der Waals surface area contributed by atoms with Crippen LogP contribution in [0.5, 0.6) is 5.75 Å². The molecule has 126 valence electrons. The number of halogens is 1. The van der Waals surface area contributed by atoms with Gasteiger partial charge in [0.05, 0.1) is 16.4 Å². The molecule has 2 rings (SSSR count). The highest BCUT2D eigenvalue weighted by molar-refractivity contribution is 7.98. The third-order valence-corrected chi connectivity index (χ3v) is 4.11. The van der Waals surface area contributed by atoms with E-state index in [-0.39, 0.29) is 30.3 Å². The third kappa shape index (κ3) is 4.87. The predicted molar refractivity (Wildman–Crippen MR) is 94.2 cm³/mol. The van der Waals surface area contributed by atoms with Crippen molar-refractivity contribution in [3.8, 4) is 5.75 Å². The van der Waals surface area contributed by atoms with Gasteiger partial charge >= 0.3 is 0 Å². The fourth-order valence-corrected chi connectivity index (χ4v) is 2.69. The quantitative estimate of drug-likeness (QED) is 0.349. The summed E-state index contributed by atoms with van der Waals surface area (Å²) in [5.41, 5.74) is 0.160. The van der Waals surface area contributed by atoms with Gasteiger partial charge in [-0.3, -0.25) is 14.9 Å². The van der Waals surface area contributed by atoms with Gasteiger partial charge in [-0.1, -0.05) is 17.7 Å². The second-order valence-electron chi connectivity index (χ2n) is 4.71. The minimum absolute atomic E-state index is 0.0784. The van der Waals surface area contributed by atoms with Gasteiger partial charge in [-0.05, 0) is 36.6 Å². The second-order valence-corrected chi connectivity index (χ2v) is 5.99. The van der Waals surface area contributed by atoms with Crippen LogP contribution in [0.4, 0.5) is 5.69 Å². The molecule has 1 amide bonds. The van der Waals surface area contributed by atoms with Crippen LogP contribution in [0, 0.1) is 10.1 Å². The number of nitro groups is 1. The molecular formula is C16H15ClN2O4S. The van der Waals surface area contributed by atoms with Crippen molar-refractivity contribution in [2.75, 3.05) is 19.4 Å². The van der Waals surface area contributed by atoms with Gasteiger partial charge in [0.2, 0.25) is 0 Å². The molecule has 0 radical (unpaired) electrons. The van der Waals surface area contributed by atoms with Gasteiger partial charge in [0.1, 0.15) is 12.4 Å². The first-order valence-electron chi connectivity index (χ1n) is 7.00. The SMILES string of the molecule is CSc1ccc(C(=O)NCCOc2cccc(Cl)c2)cc1[N+](=O)[O-]. The van der Waals surface area contributed by atoms with E-state index < -0.39 is 4.92 Å². The highest BCUT2D eigenvalue weighted by atomic mass is 35.5. The van der Waals surface area contributed by atoms with Gasteiger partial charge in [0.25, 0.3) is 11.6 Å². The molecule has 0 aliphatic heterocycles. The van der Waals surface area contributed by atoms with Gasteiger partial charge in [-0.25, -0.2) is 0 Å². The summed E-state index contributed by atoms with van der Waals surface area (Å²) < 4.78 is 5.46. The van der Waals surface area contributed by atoms with E-state index in [1.54, 1.807) is 42.7 Å². The van der Waals surface area contributed by atoms with Crippen LogP contribution < -0.4 is 10.1 Å². The van der Waals surface area contributed by atoms with Crippen LogP contribution >= 0.6 is 23.4 Å². The lowest BCUT2D eigenvalue weighted by Gasteiger charge is -2.08. The first-order chi connectivity index (χ1) is 11.5. The van der Waals surface area contributed by atoms with Crippen molar-refractivity contribution in [1.82, 2.24) is 5.32 Å². The standard InChI is InChI=1S/C16H15ClN2O4S/c1-24-15-6-5-11(9-14(15)19(21)22)16(20)18-7-8-23-13-4-2-3-12(17)10-13/h2-6,9-10H,7-8H2,1H3,(H,18,20). The number of hydrogen-bond acceptors (Lipinski definition) is 5. The maximum absolute atomic E-state index is 12.1. The molecule has 0 aromatic heterocycles. The zero-order valence-corrected chi connectivity index (χ0v) is 14.4. The number of ether oxygens (including phenoxy) is 1. The molecule has 0 spiro atoms. The average Bonchev–Trinajstić information content (AvgIpc) is 2.58. The summed E-state index contributed by atoms with van der Waals surface area (Å²) in [6.07, 6.45) is 1.75. The molecule has 6 nitrogen and oxygen atoms in total. The van der Waals surface area contributed by atoms with Crippen molar-refractivity contribution < 1.29 is 14.5 Å². The van der Waals surface area contributed by atoms with Crippen molar-refractivity contribution in [3.05, 3.63) is 63.2 Å². The maximum Gasteiger partial charge on any atom is 0.283 e. The topological polar surface area (TPSA) is 81.5 Å². The fourth-order valence-electron chi connectivity index (χ4n) is 1.97. The molecule has 1 N–H and O–H groups in total. The first kappa shape index (κ1) is 18.1. The molecule has 8 heteroatoms. The summed E-state index contributed by atoms with van der Waals surface area (Å²) in [6, 6.07) is 11.3. The third-order valence-electron chi connectivity index (χ3n) is 3.09. The summed E-state index contributed by atoms with van der Waals surface area (Å²) in [5, 5.41) is 14.3. The Morgan fingerprint density at radius 2 is 2.12 bits per heavy atom. The lowest BCUT2D eigenvalue weighted by molar-refractivity contribution is -0.387. The zero-order valence-electron chi connectivity index (χ0n) is 12.8. The number of rotatable bonds is 7. The molecule has 0 saturated heterocycles. The Kier molecular flexibility index (Phi) is 6.45. The van der Waals surface area contributed by atoms with Gasteiger partial charge in [-0.2, -0.15) is 0 Å². The van der Waals surface area contributed by atoms with Crippen LogP contribution in [-0.2, 0) is 0 Å². The smallest absolute Gasteiger partial charge is 0.283 e. The monoisotopic (exact) mass is 366 g/mol. The molecule has 0 saturated carbocycles. The Morgan fingerprint density at radius 1 is 1.33 bits per heavy atom. The van der Waals surface area contributed by atoms with Crippen LogP contribution in [0.25, 0.3) is 0 Å². The Bertz CT molecular complexity index is 755. The number of nitrogens with one attached hydrogen (secondary N) is 1. The van der Waals surface area contributed by atoms with Crippen LogP contribution in [0.3, 0.4) is 0 Å². The maximum atomic E-state index is 12.1. The van der Waals surface area contributed by atoms with Crippen molar-refractivity contribution >= 4 is 35.0 Å². The number of nitro benzene ring substituents is 1. The lowest BCUT2D eigenvalue weighted by atomic mass is 10.2. The highest BCUT2D eigenvalue weighted by Crippen LogP contribution is 2.28. The molecule has 0 bridgehead atoms. The second kappa shape index (κ2) is 8.56. The van der Waals surface area contributed by atoms with E-state index in [1.165, 1.54) is 17.8 Å². The summed E-state index contributed by atoms with van der Waals surface area (Å²) in [5.74, 6) is 0.220. The number of carbonyl (C=O) groups is 1. The summed E-state index contributed by atoms with van der Waals surface area (Å²) in [6.45, 7) is 0.528. The van der Waals surface area contributed by atoms with Crippen LogP contribution in [0.2, 0.25) is 5.02 Å². The Hall–Kier alpha value is -2.25. The van der Waals surface area contributed by atoms with E-state index in [2.05, 4.69) is 5.32 Å². The molecule has 0 fully saturated rings. The van der Waals surface area contributed by atoms with E-state index >= 15 is 0 Å². The zero-order chi connectivity index (χ0) is 17.5. The van der Waals surface area contributed by atoms with Gasteiger partial charge in [0.15, 0.2) is 0 Å². The number of nitrogens with zero attached hydrogens (tertiary/aromatic N) is 1. The fraction of sp³-hybridized carbons (Fsp3) is 0.188. The minimum atomic E-state index is -0.495. The number of amides is 1. The van der Waals surface area contributed by atoms with Crippen molar-refractivity contribution in [2.24, 2.45) is 0 Å². The summed E-state index contributed by atoms with van der Waals surface area (Å²) in [7, 11) is 0. The largest absolute Gasteiger partial charge is 0.492 e. The van der Waals surface area contributed by atoms with E-state index in [0.717, 1.165) is 0 Å². The molecule has 0 unspecified atom stereocenters. The molecule has 0 aliphatic rings. The predicted octanol–water partition coefficient (Wildman–Crippen LogP) is 3.78. The first-order valence-corrected chi connectivity index (χ1v) is 8.60. The number of thioether (sulfide) groups is 1. The van der Waals surface area contributed by atoms with Crippen LogP contribution in [-0.4, -0.2) is 30.2 Å². The lowest BCUT2D eigenvalue weighted by Crippen LogP contribution is -2.28. The van der Waals surface area contributed by atoms with Gasteiger partial charge < -0.3 is 10.1 Å². The van der Waals surface area contributed by atoms with Gasteiger partial charge in [-0.15, -0.1) is 11.8 Å². The Balaban J connectivity index is 1.90. The van der Waals surface area contributed by atoms with E-state index in [0.29, 0.717) is 15.7 Å². The number of hydrogen-bond donors (Lipinski definition) is 1. The number of carbonyl (C=O) groups excluding carboxylic acids is 1. The Morgan fingerprint density at radius 3 is 2.79 bits per heavy atom. The molecule has 24 heavy (non-hydrogen) atoms.